The zero-order valence-corrected chi connectivity index (χ0v) is 15.1. The number of carbonyl (C=O) groups is 2. The first kappa shape index (κ1) is 18.7. The normalized spacial score (nSPS) is 12.0. The molecular formula is C19H24N2O4. The second-order valence-electron chi connectivity index (χ2n) is 6.05. The number of methoxy groups -OCH3 is 1. The Morgan fingerprint density at radius 2 is 1.92 bits per heavy atom. The molecule has 1 heterocycles. The number of amides is 1. The summed E-state index contributed by atoms with van der Waals surface area (Å²) in [5.41, 5.74) is 1.09. The van der Waals surface area contributed by atoms with Gasteiger partial charge in [0.2, 0.25) is 11.8 Å². The Labute approximate surface area is 147 Å². The molecule has 6 nitrogen and oxygen atoms in total. The van der Waals surface area contributed by atoms with Crippen LogP contribution in [0.1, 0.15) is 55.1 Å². The Balaban J connectivity index is 2.20. The number of aromatic nitrogens is 1. The molecule has 0 aliphatic rings. The van der Waals surface area contributed by atoms with Crippen molar-refractivity contribution in [3.8, 4) is 0 Å². The Morgan fingerprint density at radius 1 is 1.24 bits per heavy atom. The molecule has 0 bridgehead atoms. The number of hydrogen-bond donors (Lipinski definition) is 0. The molecule has 0 saturated heterocycles. The predicted molar refractivity (Wildman–Crippen MR) is 93.0 cm³/mol. The predicted octanol–water partition coefficient (Wildman–Crippen LogP) is 3.39. The number of esters is 1. The van der Waals surface area contributed by atoms with Gasteiger partial charge < -0.3 is 14.1 Å². The summed E-state index contributed by atoms with van der Waals surface area (Å²) in [7, 11) is 1.28. The van der Waals surface area contributed by atoms with Gasteiger partial charge in [0.15, 0.2) is 5.69 Å². The van der Waals surface area contributed by atoms with Gasteiger partial charge in [-0.2, -0.15) is 0 Å². The highest BCUT2D eigenvalue weighted by Gasteiger charge is 2.27. The highest BCUT2D eigenvalue weighted by molar-refractivity contribution is 5.86. The van der Waals surface area contributed by atoms with E-state index in [0.717, 1.165) is 5.56 Å². The number of oxazole rings is 1. The van der Waals surface area contributed by atoms with Crippen LogP contribution < -0.4 is 0 Å². The van der Waals surface area contributed by atoms with Crippen LogP contribution >= 0.6 is 0 Å². The summed E-state index contributed by atoms with van der Waals surface area (Å²) < 4.78 is 9.95. The van der Waals surface area contributed by atoms with E-state index in [1.807, 2.05) is 51.1 Å². The second-order valence-corrected chi connectivity index (χ2v) is 6.05. The van der Waals surface area contributed by atoms with Crippen LogP contribution in [0.4, 0.5) is 0 Å². The van der Waals surface area contributed by atoms with Gasteiger partial charge in [0.05, 0.1) is 19.6 Å². The quantitative estimate of drug-likeness (QED) is 0.720. The van der Waals surface area contributed by atoms with Crippen LogP contribution in [0.25, 0.3) is 0 Å². The molecule has 0 fully saturated rings. The van der Waals surface area contributed by atoms with Crippen LogP contribution in [0.3, 0.4) is 0 Å². The maximum atomic E-state index is 13.1. The van der Waals surface area contributed by atoms with E-state index in [2.05, 4.69) is 9.72 Å². The number of benzene rings is 1. The lowest BCUT2D eigenvalue weighted by atomic mass is 9.94. The Bertz CT molecular complexity index is 709. The van der Waals surface area contributed by atoms with Crippen molar-refractivity contribution in [1.82, 2.24) is 9.88 Å². The molecule has 1 amide bonds. The first-order valence-corrected chi connectivity index (χ1v) is 8.36. The number of nitrogens with zero attached hydrogens (tertiary/aromatic N) is 2. The fourth-order valence-electron chi connectivity index (χ4n) is 2.68. The molecule has 0 radical (unpaired) electrons. The fraction of sp³-hybridized carbons (Fsp3) is 0.421. The first-order chi connectivity index (χ1) is 12.0. The molecule has 1 atom stereocenters. The van der Waals surface area contributed by atoms with Crippen molar-refractivity contribution in [3.63, 3.8) is 0 Å². The number of carbonyl (C=O) groups excluding carboxylic acids is 2. The van der Waals surface area contributed by atoms with Gasteiger partial charge in [0.25, 0.3) is 0 Å². The first-order valence-electron chi connectivity index (χ1n) is 8.36. The lowest BCUT2D eigenvalue weighted by Crippen LogP contribution is -2.39. The zero-order valence-electron chi connectivity index (χ0n) is 15.1. The van der Waals surface area contributed by atoms with Crippen molar-refractivity contribution in [2.75, 3.05) is 7.11 Å². The van der Waals surface area contributed by atoms with Crippen LogP contribution in [0.5, 0.6) is 0 Å². The third kappa shape index (κ3) is 4.47. The van der Waals surface area contributed by atoms with Gasteiger partial charge in [-0.3, -0.25) is 4.79 Å². The van der Waals surface area contributed by atoms with Crippen LogP contribution in [0.2, 0.25) is 0 Å². The molecule has 0 N–H and O–H groups in total. The van der Waals surface area contributed by atoms with Crippen molar-refractivity contribution < 1.29 is 18.7 Å². The monoisotopic (exact) mass is 344 g/mol. The van der Waals surface area contributed by atoms with E-state index >= 15 is 0 Å². The number of rotatable bonds is 7. The minimum absolute atomic E-state index is 0.0153. The van der Waals surface area contributed by atoms with Crippen LogP contribution in [-0.2, 0) is 16.1 Å². The topological polar surface area (TPSA) is 72.6 Å². The highest BCUT2D eigenvalue weighted by Crippen LogP contribution is 2.24. The molecule has 1 aromatic carbocycles. The summed E-state index contributed by atoms with van der Waals surface area (Å²) in [4.78, 5) is 30.4. The summed E-state index contributed by atoms with van der Waals surface area (Å²) in [5.74, 6) is -0.460. The van der Waals surface area contributed by atoms with E-state index in [1.54, 1.807) is 4.90 Å². The molecular weight excluding hydrogens is 320 g/mol. The molecule has 1 unspecified atom stereocenters. The molecule has 2 aromatic rings. The minimum atomic E-state index is -0.562. The van der Waals surface area contributed by atoms with Gasteiger partial charge in [-0.1, -0.05) is 37.3 Å². The molecule has 2 rings (SSSR count). The van der Waals surface area contributed by atoms with Crippen molar-refractivity contribution >= 4 is 11.9 Å². The van der Waals surface area contributed by atoms with Crippen molar-refractivity contribution in [2.45, 2.75) is 45.7 Å². The maximum Gasteiger partial charge on any atom is 0.360 e. The third-order valence-electron chi connectivity index (χ3n) is 4.07. The molecule has 0 saturated carbocycles. The summed E-state index contributed by atoms with van der Waals surface area (Å²) >= 11 is 0. The van der Waals surface area contributed by atoms with Crippen molar-refractivity contribution in [3.05, 3.63) is 53.7 Å². The van der Waals surface area contributed by atoms with E-state index < -0.39 is 5.97 Å². The molecule has 0 aliphatic carbocycles. The lowest BCUT2D eigenvalue weighted by Gasteiger charge is -2.29. The van der Waals surface area contributed by atoms with Gasteiger partial charge in [0, 0.05) is 6.04 Å². The largest absolute Gasteiger partial charge is 0.464 e. The van der Waals surface area contributed by atoms with Crippen molar-refractivity contribution in [2.24, 2.45) is 0 Å². The average molecular weight is 344 g/mol. The van der Waals surface area contributed by atoms with Gasteiger partial charge in [-0.25, -0.2) is 9.78 Å². The SMILES string of the molecule is CCC(C(=O)N(Cc1nc(C(=O)OC)co1)C(C)C)c1ccccc1. The van der Waals surface area contributed by atoms with Gasteiger partial charge in [-0.15, -0.1) is 0 Å². The van der Waals surface area contributed by atoms with Crippen LogP contribution in [0.15, 0.2) is 41.0 Å². The number of ether oxygens (including phenoxy) is 1. The molecule has 134 valence electrons. The molecule has 25 heavy (non-hydrogen) atoms. The van der Waals surface area contributed by atoms with Gasteiger partial charge in [0.1, 0.15) is 6.26 Å². The highest BCUT2D eigenvalue weighted by atomic mass is 16.5. The Morgan fingerprint density at radius 3 is 2.48 bits per heavy atom. The molecule has 0 aliphatic heterocycles. The van der Waals surface area contributed by atoms with Crippen LogP contribution in [-0.4, -0.2) is 34.9 Å². The average Bonchev–Trinajstić information content (AvgIpc) is 3.09. The van der Waals surface area contributed by atoms with E-state index in [1.165, 1.54) is 13.4 Å². The smallest absolute Gasteiger partial charge is 0.360 e. The molecule has 6 heteroatoms. The molecule has 1 aromatic heterocycles. The zero-order chi connectivity index (χ0) is 18.4. The van der Waals surface area contributed by atoms with E-state index in [0.29, 0.717) is 12.3 Å². The second kappa shape index (κ2) is 8.46. The van der Waals surface area contributed by atoms with Gasteiger partial charge >= 0.3 is 5.97 Å². The van der Waals surface area contributed by atoms with Gasteiger partial charge in [-0.05, 0) is 25.8 Å². The van der Waals surface area contributed by atoms with Crippen molar-refractivity contribution in [1.29, 1.82) is 0 Å². The van der Waals surface area contributed by atoms with E-state index in [9.17, 15) is 9.59 Å². The summed E-state index contributed by atoms with van der Waals surface area (Å²) in [6.07, 6.45) is 1.95. The number of hydrogen-bond acceptors (Lipinski definition) is 5. The Kier molecular flexibility index (Phi) is 6.33. The lowest BCUT2D eigenvalue weighted by molar-refractivity contribution is -0.135. The minimum Gasteiger partial charge on any atom is -0.464 e. The summed E-state index contributed by atoms with van der Waals surface area (Å²) in [6.45, 7) is 6.09. The molecule has 0 spiro atoms. The van der Waals surface area contributed by atoms with Crippen LogP contribution in [0, 0.1) is 0 Å². The summed E-state index contributed by atoms with van der Waals surface area (Å²) in [5, 5.41) is 0. The standard InChI is InChI=1S/C19H24N2O4/c1-5-15(14-9-7-6-8-10-14)18(22)21(13(2)3)11-17-20-16(12-25-17)19(23)24-4/h6-10,12-13,15H,5,11H2,1-4H3. The third-order valence-corrected chi connectivity index (χ3v) is 4.07. The van der Waals surface area contributed by atoms with E-state index in [4.69, 9.17) is 4.42 Å². The fourth-order valence-corrected chi connectivity index (χ4v) is 2.68. The Hall–Kier alpha value is -2.63. The maximum absolute atomic E-state index is 13.1. The summed E-state index contributed by atoms with van der Waals surface area (Å²) in [6, 6.07) is 9.69. The van der Waals surface area contributed by atoms with E-state index in [-0.39, 0.29) is 30.1 Å².